The standard InChI is InChI=1S/C19H20F3N3O2S/c1-11(2)25-10-13(8-16(25)26)17(27)24-18-23-9-15(28-18)7-12-3-5-14(6-4-12)19(20,21)22/h3-6,9,11,13H,7-8,10H2,1-2H3,(H,23,24,27). The summed E-state index contributed by atoms with van der Waals surface area (Å²) in [4.78, 5) is 31.0. The third kappa shape index (κ3) is 4.70. The molecule has 2 aromatic rings. The number of carbonyl (C=O) groups excluding carboxylic acids is 2. The number of halogens is 3. The first-order valence-electron chi connectivity index (χ1n) is 8.84. The van der Waals surface area contributed by atoms with Gasteiger partial charge < -0.3 is 10.2 Å². The van der Waals surface area contributed by atoms with Crippen molar-refractivity contribution in [1.29, 1.82) is 0 Å². The molecule has 0 spiro atoms. The van der Waals surface area contributed by atoms with Gasteiger partial charge in [-0.2, -0.15) is 13.2 Å². The van der Waals surface area contributed by atoms with Crippen LogP contribution in [-0.4, -0.2) is 34.3 Å². The highest BCUT2D eigenvalue weighted by molar-refractivity contribution is 7.15. The largest absolute Gasteiger partial charge is 0.416 e. The Morgan fingerprint density at radius 2 is 2.00 bits per heavy atom. The summed E-state index contributed by atoms with van der Waals surface area (Å²) in [5.41, 5.74) is 0.0403. The fraction of sp³-hybridized carbons (Fsp3) is 0.421. The number of nitrogens with one attached hydrogen (secondary N) is 1. The van der Waals surface area contributed by atoms with Crippen LogP contribution in [0.1, 0.15) is 36.3 Å². The number of carbonyl (C=O) groups is 2. The van der Waals surface area contributed by atoms with Crippen molar-refractivity contribution < 1.29 is 22.8 Å². The van der Waals surface area contributed by atoms with Crippen molar-refractivity contribution in [2.75, 3.05) is 11.9 Å². The zero-order chi connectivity index (χ0) is 20.5. The maximum atomic E-state index is 12.6. The van der Waals surface area contributed by atoms with Crippen LogP contribution in [0.15, 0.2) is 30.5 Å². The van der Waals surface area contributed by atoms with E-state index in [2.05, 4.69) is 10.3 Å². The summed E-state index contributed by atoms with van der Waals surface area (Å²) in [5, 5.41) is 3.16. The fourth-order valence-corrected chi connectivity index (χ4v) is 3.92. The van der Waals surface area contributed by atoms with E-state index in [1.54, 1.807) is 11.1 Å². The van der Waals surface area contributed by atoms with Gasteiger partial charge >= 0.3 is 6.18 Å². The van der Waals surface area contributed by atoms with Crippen LogP contribution in [0.25, 0.3) is 0 Å². The SMILES string of the molecule is CC(C)N1CC(C(=O)Nc2ncc(Cc3ccc(C(F)(F)F)cc3)s2)CC1=O. The molecule has 0 bridgehead atoms. The van der Waals surface area contributed by atoms with Crippen molar-refractivity contribution in [3.63, 3.8) is 0 Å². The number of alkyl halides is 3. The summed E-state index contributed by atoms with van der Waals surface area (Å²) >= 11 is 1.27. The van der Waals surface area contributed by atoms with E-state index >= 15 is 0 Å². The molecule has 2 amide bonds. The Kier molecular flexibility index (Phi) is 5.74. The quantitative estimate of drug-likeness (QED) is 0.811. The Hall–Kier alpha value is -2.42. The first kappa shape index (κ1) is 20.3. The van der Waals surface area contributed by atoms with Gasteiger partial charge in [-0.1, -0.05) is 12.1 Å². The number of anilines is 1. The first-order chi connectivity index (χ1) is 13.1. The summed E-state index contributed by atoms with van der Waals surface area (Å²) < 4.78 is 37.9. The van der Waals surface area contributed by atoms with Gasteiger partial charge in [0.25, 0.3) is 0 Å². The van der Waals surface area contributed by atoms with Gasteiger partial charge in [0.15, 0.2) is 5.13 Å². The van der Waals surface area contributed by atoms with E-state index in [0.717, 1.165) is 22.6 Å². The van der Waals surface area contributed by atoms with Crippen LogP contribution in [0.5, 0.6) is 0 Å². The number of aromatic nitrogens is 1. The van der Waals surface area contributed by atoms with E-state index in [1.165, 1.54) is 23.5 Å². The number of hydrogen-bond donors (Lipinski definition) is 1. The molecule has 1 aliphatic heterocycles. The van der Waals surface area contributed by atoms with Crippen LogP contribution in [0, 0.1) is 5.92 Å². The third-order valence-corrected chi connectivity index (χ3v) is 5.51. The monoisotopic (exact) mass is 411 g/mol. The predicted molar refractivity (Wildman–Crippen MR) is 99.9 cm³/mol. The fourth-order valence-electron chi connectivity index (χ4n) is 3.07. The van der Waals surface area contributed by atoms with E-state index < -0.39 is 17.7 Å². The van der Waals surface area contributed by atoms with Crippen LogP contribution < -0.4 is 5.32 Å². The van der Waals surface area contributed by atoms with Gasteiger partial charge in [-0.15, -0.1) is 11.3 Å². The molecular weight excluding hydrogens is 391 g/mol. The number of benzene rings is 1. The molecule has 5 nitrogen and oxygen atoms in total. The number of thiazole rings is 1. The van der Waals surface area contributed by atoms with Crippen molar-refractivity contribution >= 4 is 28.3 Å². The van der Waals surface area contributed by atoms with Gasteiger partial charge in [0.05, 0.1) is 11.5 Å². The maximum Gasteiger partial charge on any atom is 0.416 e. The number of likely N-dealkylation sites (tertiary alicyclic amines) is 1. The Morgan fingerprint density at radius 3 is 2.57 bits per heavy atom. The summed E-state index contributed by atoms with van der Waals surface area (Å²) in [6.45, 7) is 4.21. The molecule has 0 aliphatic carbocycles. The lowest BCUT2D eigenvalue weighted by atomic mass is 10.1. The summed E-state index contributed by atoms with van der Waals surface area (Å²) in [7, 11) is 0. The summed E-state index contributed by atoms with van der Waals surface area (Å²) in [6.07, 6.45) is -2.14. The number of hydrogen-bond acceptors (Lipinski definition) is 4. The lowest BCUT2D eigenvalue weighted by Crippen LogP contribution is -2.33. The average molecular weight is 411 g/mol. The highest BCUT2D eigenvalue weighted by atomic mass is 32.1. The second kappa shape index (κ2) is 7.90. The zero-order valence-electron chi connectivity index (χ0n) is 15.4. The normalized spacial score (nSPS) is 17.4. The van der Waals surface area contributed by atoms with Crippen molar-refractivity contribution in [2.24, 2.45) is 5.92 Å². The Labute approximate surface area is 164 Å². The highest BCUT2D eigenvalue weighted by Crippen LogP contribution is 2.30. The smallest absolute Gasteiger partial charge is 0.339 e. The lowest BCUT2D eigenvalue weighted by molar-refractivity contribution is -0.137. The molecule has 1 unspecified atom stereocenters. The molecule has 1 aliphatic rings. The van der Waals surface area contributed by atoms with Crippen molar-refractivity contribution in [2.45, 2.75) is 38.9 Å². The topological polar surface area (TPSA) is 62.3 Å². The lowest BCUT2D eigenvalue weighted by Gasteiger charge is -2.20. The van der Waals surface area contributed by atoms with Gasteiger partial charge in [0, 0.05) is 36.5 Å². The Balaban J connectivity index is 1.58. The molecule has 9 heteroatoms. The Morgan fingerprint density at radius 1 is 1.32 bits per heavy atom. The number of rotatable bonds is 5. The third-order valence-electron chi connectivity index (χ3n) is 4.60. The molecule has 1 aromatic carbocycles. The minimum absolute atomic E-state index is 0.0303. The molecule has 0 radical (unpaired) electrons. The zero-order valence-corrected chi connectivity index (χ0v) is 16.2. The first-order valence-corrected chi connectivity index (χ1v) is 9.66. The van der Waals surface area contributed by atoms with Gasteiger partial charge in [-0.05, 0) is 31.5 Å². The van der Waals surface area contributed by atoms with E-state index in [9.17, 15) is 22.8 Å². The minimum Gasteiger partial charge on any atom is -0.339 e. The minimum atomic E-state index is -4.35. The van der Waals surface area contributed by atoms with Gasteiger partial charge in [0.1, 0.15) is 0 Å². The van der Waals surface area contributed by atoms with Gasteiger partial charge in [0.2, 0.25) is 11.8 Å². The van der Waals surface area contributed by atoms with Crippen molar-refractivity contribution in [3.8, 4) is 0 Å². The average Bonchev–Trinajstić information content (AvgIpc) is 3.21. The molecule has 150 valence electrons. The van der Waals surface area contributed by atoms with Gasteiger partial charge in [-0.25, -0.2) is 4.98 Å². The van der Waals surface area contributed by atoms with Crippen LogP contribution in [0.2, 0.25) is 0 Å². The molecule has 0 saturated carbocycles. The second-order valence-corrected chi connectivity index (χ2v) is 8.15. The molecule has 1 aromatic heterocycles. The number of nitrogens with zero attached hydrogens (tertiary/aromatic N) is 2. The maximum absolute atomic E-state index is 12.6. The summed E-state index contributed by atoms with van der Waals surface area (Å²) in [5.74, 6) is -0.679. The summed E-state index contributed by atoms with van der Waals surface area (Å²) in [6, 6.07) is 5.03. The predicted octanol–water partition coefficient (Wildman–Crippen LogP) is 3.95. The molecule has 1 saturated heterocycles. The molecule has 2 heterocycles. The van der Waals surface area contributed by atoms with Crippen LogP contribution in [0.4, 0.5) is 18.3 Å². The Bertz CT molecular complexity index is 862. The molecule has 3 rings (SSSR count). The van der Waals surface area contributed by atoms with Crippen molar-refractivity contribution in [1.82, 2.24) is 9.88 Å². The molecule has 1 fully saturated rings. The highest BCUT2D eigenvalue weighted by Gasteiger charge is 2.35. The van der Waals surface area contributed by atoms with E-state index in [4.69, 9.17) is 0 Å². The number of amides is 2. The van der Waals surface area contributed by atoms with Crippen LogP contribution >= 0.6 is 11.3 Å². The van der Waals surface area contributed by atoms with E-state index in [-0.39, 0.29) is 24.3 Å². The second-order valence-electron chi connectivity index (χ2n) is 7.03. The van der Waals surface area contributed by atoms with E-state index in [1.807, 2.05) is 13.8 Å². The van der Waals surface area contributed by atoms with E-state index in [0.29, 0.717) is 18.1 Å². The molecule has 28 heavy (non-hydrogen) atoms. The van der Waals surface area contributed by atoms with Crippen LogP contribution in [-0.2, 0) is 22.2 Å². The molecular formula is C19H20F3N3O2S. The molecule has 1 N–H and O–H groups in total. The van der Waals surface area contributed by atoms with Crippen molar-refractivity contribution in [3.05, 3.63) is 46.5 Å². The van der Waals surface area contributed by atoms with Crippen LogP contribution in [0.3, 0.4) is 0 Å². The van der Waals surface area contributed by atoms with Gasteiger partial charge in [-0.3, -0.25) is 9.59 Å². The molecule has 1 atom stereocenters.